The fourth-order valence-corrected chi connectivity index (χ4v) is 4.51. The number of carbonyl (C=O) groups excluding carboxylic acids is 2. The minimum Gasteiger partial charge on any atom is -0.457 e. The maximum Gasteiger partial charge on any atom is 0.250 e. The van der Waals surface area contributed by atoms with E-state index in [4.69, 9.17) is 39.8 Å². The van der Waals surface area contributed by atoms with E-state index in [-0.39, 0.29) is 11.0 Å². The number of amides is 2. The van der Waals surface area contributed by atoms with Crippen LogP contribution in [0.1, 0.15) is 12.7 Å². The maximum absolute atomic E-state index is 12.3. The number of carbonyl (C=O) groups is 2. The van der Waals surface area contributed by atoms with Gasteiger partial charge in [0.2, 0.25) is 11.8 Å². The molecule has 2 N–H and O–H groups in total. The van der Waals surface area contributed by atoms with Gasteiger partial charge in [0, 0.05) is 61.1 Å². The van der Waals surface area contributed by atoms with Crippen molar-refractivity contribution < 1.29 is 14.0 Å². The Morgan fingerprint density at radius 3 is 2.39 bits per heavy atom. The van der Waals surface area contributed by atoms with E-state index in [2.05, 4.69) is 15.5 Å². The summed E-state index contributed by atoms with van der Waals surface area (Å²) < 4.78 is 5.75. The van der Waals surface area contributed by atoms with E-state index in [9.17, 15) is 9.59 Å². The Kier molecular flexibility index (Phi) is 8.30. The van der Waals surface area contributed by atoms with E-state index in [1.54, 1.807) is 43.3 Å². The Morgan fingerprint density at radius 2 is 1.72 bits per heavy atom. The number of benzene rings is 2. The van der Waals surface area contributed by atoms with Gasteiger partial charge in [-0.05, 0) is 72.9 Å². The normalized spacial score (nSPS) is 13.6. The molecule has 3 aromatic rings. The molecule has 2 heterocycles. The molecule has 4 rings (SSSR count). The molecule has 0 saturated carbocycles. The monoisotopic (exact) mass is 542 g/mol. The molecule has 186 valence electrons. The van der Waals surface area contributed by atoms with Gasteiger partial charge in [0.05, 0.1) is 5.02 Å². The van der Waals surface area contributed by atoms with E-state index in [0.29, 0.717) is 40.2 Å². The number of halogens is 2. The van der Waals surface area contributed by atoms with Gasteiger partial charge in [0.25, 0.3) is 0 Å². The molecule has 0 atom stereocenters. The van der Waals surface area contributed by atoms with Gasteiger partial charge in [-0.3, -0.25) is 14.9 Å². The Hall–Kier alpha value is -3.33. The van der Waals surface area contributed by atoms with Crippen LogP contribution in [0.4, 0.5) is 11.4 Å². The summed E-state index contributed by atoms with van der Waals surface area (Å²) in [7, 11) is 0. The second-order valence-corrected chi connectivity index (χ2v) is 9.39. The van der Waals surface area contributed by atoms with E-state index in [0.717, 1.165) is 24.5 Å². The van der Waals surface area contributed by atoms with Crippen LogP contribution < -0.4 is 15.5 Å². The summed E-state index contributed by atoms with van der Waals surface area (Å²) in [5, 5.41) is 6.82. The molecule has 0 bridgehead atoms. The van der Waals surface area contributed by atoms with Crippen molar-refractivity contribution in [2.24, 2.45) is 0 Å². The fraction of sp³-hybridized carbons (Fsp3) is 0.192. The molecule has 0 aliphatic carbocycles. The summed E-state index contributed by atoms with van der Waals surface area (Å²) >= 11 is 17.4. The molecule has 1 saturated heterocycles. The highest BCUT2D eigenvalue weighted by molar-refractivity contribution is 7.80. The molecule has 2 amide bonds. The molecule has 2 aromatic carbocycles. The molecule has 7 nitrogen and oxygen atoms in total. The van der Waals surface area contributed by atoms with Crippen LogP contribution in [0.25, 0.3) is 17.4 Å². The standard InChI is InChI=1S/C26H24Cl2N4O3S/c1-17(33)31-12-14-32(15-13-31)20-5-3-19(4-6-20)29-26(36)30-25(34)11-8-21-7-10-24(35-21)22-9-2-18(27)16-23(22)28/h2-11,16H,12-15H2,1H3,(H2,29,30,34,36)/b11-8+. The highest BCUT2D eigenvalue weighted by Crippen LogP contribution is 2.31. The van der Waals surface area contributed by atoms with Gasteiger partial charge in [-0.2, -0.15) is 0 Å². The third-order valence-corrected chi connectivity index (χ3v) is 6.43. The van der Waals surface area contributed by atoms with Gasteiger partial charge in [-0.25, -0.2) is 0 Å². The summed E-state index contributed by atoms with van der Waals surface area (Å²) in [5.41, 5.74) is 2.53. The van der Waals surface area contributed by atoms with Gasteiger partial charge < -0.3 is 19.5 Å². The molecule has 0 unspecified atom stereocenters. The quantitative estimate of drug-likeness (QED) is 0.329. The van der Waals surface area contributed by atoms with Crippen molar-refractivity contribution in [2.75, 3.05) is 36.4 Å². The molecular formula is C26H24Cl2N4O3S. The lowest BCUT2D eigenvalue weighted by Gasteiger charge is -2.35. The lowest BCUT2D eigenvalue weighted by atomic mass is 10.2. The number of rotatable bonds is 5. The van der Waals surface area contributed by atoms with Crippen molar-refractivity contribution >= 4 is 69.8 Å². The van der Waals surface area contributed by atoms with E-state index in [1.807, 2.05) is 29.2 Å². The summed E-state index contributed by atoms with van der Waals surface area (Å²) in [6, 6.07) is 16.4. The second kappa shape index (κ2) is 11.6. The lowest BCUT2D eigenvalue weighted by molar-refractivity contribution is -0.129. The smallest absolute Gasteiger partial charge is 0.250 e. The predicted octanol–water partition coefficient (Wildman–Crippen LogP) is 5.45. The largest absolute Gasteiger partial charge is 0.457 e. The summed E-state index contributed by atoms with van der Waals surface area (Å²) in [4.78, 5) is 27.9. The lowest BCUT2D eigenvalue weighted by Crippen LogP contribution is -2.48. The molecule has 36 heavy (non-hydrogen) atoms. The number of hydrogen-bond acceptors (Lipinski definition) is 5. The van der Waals surface area contributed by atoms with E-state index < -0.39 is 5.91 Å². The molecule has 1 aromatic heterocycles. The zero-order chi connectivity index (χ0) is 25.7. The Morgan fingerprint density at radius 1 is 1.00 bits per heavy atom. The van der Waals surface area contributed by atoms with Crippen molar-refractivity contribution in [1.29, 1.82) is 0 Å². The average Bonchev–Trinajstić information content (AvgIpc) is 3.32. The van der Waals surface area contributed by atoms with E-state index >= 15 is 0 Å². The minimum atomic E-state index is -0.394. The summed E-state index contributed by atoms with van der Waals surface area (Å²) in [6.07, 6.45) is 2.88. The van der Waals surface area contributed by atoms with Gasteiger partial charge in [0.1, 0.15) is 11.5 Å². The Labute approximate surface area is 224 Å². The van der Waals surface area contributed by atoms with Crippen molar-refractivity contribution in [1.82, 2.24) is 10.2 Å². The Bertz CT molecular complexity index is 1300. The highest BCUT2D eigenvalue weighted by atomic mass is 35.5. The molecule has 10 heteroatoms. The highest BCUT2D eigenvalue weighted by Gasteiger charge is 2.18. The van der Waals surface area contributed by atoms with Gasteiger partial charge in [0.15, 0.2) is 5.11 Å². The van der Waals surface area contributed by atoms with Crippen molar-refractivity contribution in [3.05, 3.63) is 76.5 Å². The summed E-state index contributed by atoms with van der Waals surface area (Å²) in [6.45, 7) is 4.61. The van der Waals surface area contributed by atoms with Crippen LogP contribution in [0, 0.1) is 0 Å². The van der Waals surface area contributed by atoms with Crippen molar-refractivity contribution in [2.45, 2.75) is 6.92 Å². The molecule has 1 fully saturated rings. The SMILES string of the molecule is CC(=O)N1CCN(c2ccc(NC(=S)NC(=O)/C=C/c3ccc(-c4ccc(Cl)cc4Cl)o3)cc2)CC1. The van der Waals surface area contributed by atoms with E-state index in [1.165, 1.54) is 6.08 Å². The van der Waals surface area contributed by atoms with Crippen molar-refractivity contribution in [3.63, 3.8) is 0 Å². The first-order chi connectivity index (χ1) is 17.3. The maximum atomic E-state index is 12.3. The molecule has 0 spiro atoms. The number of anilines is 2. The third-order valence-electron chi connectivity index (χ3n) is 5.67. The topological polar surface area (TPSA) is 77.8 Å². The third kappa shape index (κ3) is 6.66. The number of piperazine rings is 1. The average molecular weight is 543 g/mol. The van der Waals surface area contributed by atoms with Crippen LogP contribution >= 0.6 is 35.4 Å². The first kappa shape index (κ1) is 25.8. The first-order valence-electron chi connectivity index (χ1n) is 11.2. The fourth-order valence-electron chi connectivity index (χ4n) is 3.79. The molecular weight excluding hydrogens is 519 g/mol. The van der Waals surface area contributed by atoms with Crippen LogP contribution in [0.15, 0.2) is 65.1 Å². The first-order valence-corrected chi connectivity index (χ1v) is 12.4. The second-order valence-electron chi connectivity index (χ2n) is 8.14. The molecule has 1 aliphatic heterocycles. The summed E-state index contributed by atoms with van der Waals surface area (Å²) in [5.74, 6) is 0.772. The minimum absolute atomic E-state index is 0.108. The number of nitrogens with one attached hydrogen (secondary N) is 2. The number of nitrogens with zero attached hydrogens (tertiary/aromatic N) is 2. The molecule has 1 aliphatic rings. The van der Waals surface area contributed by atoms with Gasteiger partial charge in [-0.1, -0.05) is 23.2 Å². The van der Waals surface area contributed by atoms with Gasteiger partial charge >= 0.3 is 0 Å². The van der Waals surface area contributed by atoms with Crippen LogP contribution in [0.3, 0.4) is 0 Å². The zero-order valence-electron chi connectivity index (χ0n) is 19.5. The Balaban J connectivity index is 1.27. The number of furan rings is 1. The van der Waals surface area contributed by atoms with Crippen LogP contribution in [-0.4, -0.2) is 48.0 Å². The van der Waals surface area contributed by atoms with Crippen LogP contribution in [0.5, 0.6) is 0 Å². The van der Waals surface area contributed by atoms with Crippen molar-refractivity contribution in [3.8, 4) is 11.3 Å². The van der Waals surface area contributed by atoms with Crippen LogP contribution in [-0.2, 0) is 9.59 Å². The molecule has 0 radical (unpaired) electrons. The van der Waals surface area contributed by atoms with Gasteiger partial charge in [-0.15, -0.1) is 0 Å². The van der Waals surface area contributed by atoms with Crippen LogP contribution in [0.2, 0.25) is 10.0 Å². The zero-order valence-corrected chi connectivity index (χ0v) is 21.8. The number of hydrogen-bond donors (Lipinski definition) is 2. The predicted molar refractivity (Wildman–Crippen MR) is 148 cm³/mol. The number of thiocarbonyl (C=S) groups is 1.